The number of allylic oxidation sites excluding steroid dienone is 1. The summed E-state index contributed by atoms with van der Waals surface area (Å²) >= 11 is 1.55. The molecule has 2 heterocycles. The maximum Gasteiger partial charge on any atom is 0.239 e. The fraction of sp³-hybridized carbons (Fsp3) is 0.333. The molecule has 1 amide bonds. The van der Waals surface area contributed by atoms with E-state index < -0.39 is 0 Å². The van der Waals surface area contributed by atoms with Crippen molar-refractivity contribution in [2.75, 3.05) is 20.0 Å². The van der Waals surface area contributed by atoms with Crippen LogP contribution in [0.4, 0.5) is 0 Å². The van der Waals surface area contributed by atoms with Crippen molar-refractivity contribution in [1.29, 1.82) is 0 Å². The minimum atomic E-state index is -0.113. The number of methoxy groups -OCH3 is 2. The quantitative estimate of drug-likeness (QED) is 0.562. The molecule has 1 atom stereocenters. The number of amidine groups is 1. The zero-order valence-corrected chi connectivity index (χ0v) is 19.9. The zero-order valence-electron chi connectivity index (χ0n) is 19.0. The number of benzene rings is 2. The van der Waals surface area contributed by atoms with Gasteiger partial charge < -0.3 is 9.47 Å². The molecule has 1 aliphatic carbocycles. The minimum absolute atomic E-state index is 0.113. The van der Waals surface area contributed by atoms with Crippen LogP contribution in [0.5, 0.6) is 11.5 Å². The Hall–Kier alpha value is -2.99. The minimum Gasteiger partial charge on any atom is -0.497 e. The van der Waals surface area contributed by atoms with Crippen molar-refractivity contribution in [1.82, 2.24) is 4.90 Å². The van der Waals surface area contributed by atoms with Crippen molar-refractivity contribution in [3.8, 4) is 11.5 Å². The Kier molecular flexibility index (Phi) is 6.27. The van der Waals surface area contributed by atoms with Crippen LogP contribution in [0.25, 0.3) is 6.08 Å². The lowest BCUT2D eigenvalue weighted by molar-refractivity contribution is -0.125. The van der Waals surface area contributed by atoms with Crippen molar-refractivity contribution in [2.45, 2.75) is 38.1 Å². The fourth-order valence-corrected chi connectivity index (χ4v) is 5.70. The van der Waals surface area contributed by atoms with Gasteiger partial charge in [-0.2, -0.15) is 0 Å². The summed E-state index contributed by atoms with van der Waals surface area (Å²) in [7, 11) is 3.36. The summed E-state index contributed by atoms with van der Waals surface area (Å²) in [5.41, 5.74) is 5.81. The molecule has 0 N–H and O–H groups in total. The highest BCUT2D eigenvalue weighted by Crippen LogP contribution is 2.46. The number of carbonyl (C=O) groups is 1. The van der Waals surface area contributed by atoms with Crippen LogP contribution >= 0.6 is 11.8 Å². The fourth-order valence-electron chi connectivity index (χ4n) is 4.80. The smallest absolute Gasteiger partial charge is 0.239 e. The lowest BCUT2D eigenvalue weighted by Crippen LogP contribution is -2.38. The average molecular weight is 461 g/mol. The Morgan fingerprint density at radius 1 is 0.939 bits per heavy atom. The van der Waals surface area contributed by atoms with Gasteiger partial charge in [0.05, 0.1) is 31.7 Å². The maximum absolute atomic E-state index is 12.9. The molecule has 2 aliphatic heterocycles. The first-order valence-corrected chi connectivity index (χ1v) is 12.4. The maximum atomic E-state index is 12.9. The van der Waals surface area contributed by atoms with Crippen LogP contribution in [-0.2, 0) is 4.79 Å². The number of nitrogens with zero attached hydrogens (tertiary/aromatic N) is 2. The molecule has 6 heteroatoms. The van der Waals surface area contributed by atoms with Gasteiger partial charge in [0.15, 0.2) is 5.17 Å². The van der Waals surface area contributed by atoms with E-state index in [0.717, 1.165) is 59.2 Å². The van der Waals surface area contributed by atoms with Crippen molar-refractivity contribution in [3.63, 3.8) is 0 Å². The number of hydrogen-bond acceptors (Lipinski definition) is 5. The van der Waals surface area contributed by atoms with E-state index in [1.807, 2.05) is 29.2 Å². The third kappa shape index (κ3) is 4.32. The van der Waals surface area contributed by atoms with Gasteiger partial charge in [0, 0.05) is 0 Å². The highest BCUT2D eigenvalue weighted by molar-refractivity contribution is 8.15. The summed E-state index contributed by atoms with van der Waals surface area (Å²) in [6, 6.07) is 16.2. The first-order chi connectivity index (χ1) is 16.2. The zero-order chi connectivity index (χ0) is 22.8. The Morgan fingerprint density at radius 3 is 2.30 bits per heavy atom. The van der Waals surface area contributed by atoms with E-state index in [1.165, 1.54) is 17.6 Å². The molecule has 0 aromatic heterocycles. The van der Waals surface area contributed by atoms with Gasteiger partial charge in [0.25, 0.3) is 0 Å². The Morgan fingerprint density at radius 2 is 1.61 bits per heavy atom. The molecule has 1 fully saturated rings. The monoisotopic (exact) mass is 460 g/mol. The predicted molar refractivity (Wildman–Crippen MR) is 134 cm³/mol. The molecule has 0 spiro atoms. The molecule has 5 rings (SSSR count). The molecule has 0 saturated carbocycles. The molecule has 0 bridgehead atoms. The van der Waals surface area contributed by atoms with E-state index in [4.69, 9.17) is 14.5 Å². The lowest BCUT2D eigenvalue weighted by atomic mass is 9.85. The molecule has 2 aromatic rings. The van der Waals surface area contributed by atoms with E-state index >= 15 is 0 Å². The summed E-state index contributed by atoms with van der Waals surface area (Å²) in [6.07, 6.45) is 7.61. The molecule has 0 radical (unpaired) electrons. The van der Waals surface area contributed by atoms with E-state index in [0.29, 0.717) is 5.75 Å². The van der Waals surface area contributed by atoms with Crippen molar-refractivity contribution < 1.29 is 14.3 Å². The molecule has 3 aliphatic rings. The summed E-state index contributed by atoms with van der Waals surface area (Å²) in [4.78, 5) is 19.9. The number of hydrogen-bond donors (Lipinski definition) is 0. The standard InChI is InChI=1S/C27H28N2O3S/c1-31-21-12-8-18(9-13-21)16-20-6-4-3-5-7-23-25(20)28-27-29(24(30)17-33-27)26(23)19-10-14-22(32-2)15-11-19/h8-16,26H,3-7,17H2,1-2H3. The van der Waals surface area contributed by atoms with Gasteiger partial charge in [-0.25, -0.2) is 4.99 Å². The predicted octanol–water partition coefficient (Wildman–Crippen LogP) is 5.99. The summed E-state index contributed by atoms with van der Waals surface area (Å²) < 4.78 is 10.7. The largest absolute Gasteiger partial charge is 0.497 e. The van der Waals surface area contributed by atoms with Gasteiger partial charge in [-0.3, -0.25) is 9.69 Å². The summed E-state index contributed by atoms with van der Waals surface area (Å²) in [5.74, 6) is 2.25. The van der Waals surface area contributed by atoms with Gasteiger partial charge in [-0.1, -0.05) is 42.4 Å². The third-order valence-corrected chi connectivity index (χ3v) is 7.42. The van der Waals surface area contributed by atoms with Gasteiger partial charge in [0.1, 0.15) is 11.5 Å². The Balaban J connectivity index is 1.63. The first kappa shape index (κ1) is 21.8. The molecule has 170 valence electrons. The number of carbonyl (C=O) groups excluding carboxylic acids is 1. The SMILES string of the molecule is COc1ccc(C=C2CCCCCC3=C2N=C2SCC(=O)N2C3c2ccc(OC)cc2)cc1. The highest BCUT2D eigenvalue weighted by atomic mass is 32.2. The van der Waals surface area contributed by atoms with Crippen LogP contribution in [0.1, 0.15) is 49.3 Å². The van der Waals surface area contributed by atoms with Crippen LogP contribution in [0.3, 0.4) is 0 Å². The van der Waals surface area contributed by atoms with Crippen LogP contribution in [0.2, 0.25) is 0 Å². The molecular formula is C27H28N2O3S. The second-order valence-electron chi connectivity index (χ2n) is 8.50. The second-order valence-corrected chi connectivity index (χ2v) is 9.44. The third-order valence-electron chi connectivity index (χ3n) is 6.48. The summed E-state index contributed by atoms with van der Waals surface area (Å²) in [6.45, 7) is 0. The van der Waals surface area contributed by atoms with Gasteiger partial charge >= 0.3 is 0 Å². The number of amides is 1. The molecule has 2 aromatic carbocycles. The number of thioether (sulfide) groups is 1. The number of aliphatic imine (C=N–C) groups is 1. The van der Waals surface area contributed by atoms with Gasteiger partial charge in [-0.15, -0.1) is 0 Å². The summed E-state index contributed by atoms with van der Waals surface area (Å²) in [5, 5.41) is 0.820. The van der Waals surface area contributed by atoms with E-state index in [2.05, 4.69) is 30.3 Å². The van der Waals surface area contributed by atoms with Gasteiger partial charge in [-0.05, 0) is 78.3 Å². The Labute approximate surface area is 199 Å². The highest BCUT2D eigenvalue weighted by Gasteiger charge is 2.41. The first-order valence-electron chi connectivity index (χ1n) is 11.4. The second kappa shape index (κ2) is 9.48. The number of rotatable bonds is 4. The topological polar surface area (TPSA) is 51.1 Å². The van der Waals surface area contributed by atoms with E-state index in [1.54, 1.807) is 26.0 Å². The molecular weight excluding hydrogens is 432 g/mol. The number of fused-ring (bicyclic) bond motifs is 1. The van der Waals surface area contributed by atoms with Crippen LogP contribution in [0, 0.1) is 0 Å². The molecule has 5 nitrogen and oxygen atoms in total. The van der Waals surface area contributed by atoms with Gasteiger partial charge in [0.2, 0.25) is 5.91 Å². The van der Waals surface area contributed by atoms with Crippen molar-refractivity contribution >= 4 is 28.9 Å². The molecule has 33 heavy (non-hydrogen) atoms. The number of ether oxygens (including phenoxy) is 2. The van der Waals surface area contributed by atoms with Crippen LogP contribution in [0.15, 0.2) is 70.4 Å². The van der Waals surface area contributed by atoms with Crippen LogP contribution < -0.4 is 9.47 Å². The lowest BCUT2D eigenvalue weighted by Gasteiger charge is -2.36. The van der Waals surface area contributed by atoms with Crippen molar-refractivity contribution in [3.05, 3.63) is 76.5 Å². The molecule has 1 saturated heterocycles. The average Bonchev–Trinajstić information content (AvgIpc) is 3.22. The normalized spacial score (nSPS) is 21.8. The Bertz CT molecular complexity index is 1130. The van der Waals surface area contributed by atoms with Crippen LogP contribution in [-0.4, -0.2) is 35.9 Å². The van der Waals surface area contributed by atoms with E-state index in [9.17, 15) is 4.79 Å². The van der Waals surface area contributed by atoms with E-state index in [-0.39, 0.29) is 11.9 Å². The van der Waals surface area contributed by atoms with Crippen molar-refractivity contribution in [2.24, 2.45) is 4.99 Å². The molecule has 1 unspecified atom stereocenters.